The maximum atomic E-state index is 10.8. The summed E-state index contributed by atoms with van der Waals surface area (Å²) < 4.78 is 0. The van der Waals surface area contributed by atoms with Gasteiger partial charge in [-0.2, -0.15) is 0 Å². The normalized spacial score (nSPS) is 14.2. The van der Waals surface area contributed by atoms with Crippen LogP contribution in [0.1, 0.15) is 25.1 Å². The molecule has 0 saturated heterocycles. The number of pyridine rings is 1. The molecule has 2 aromatic rings. The van der Waals surface area contributed by atoms with E-state index >= 15 is 0 Å². The number of benzene rings is 1. The summed E-state index contributed by atoms with van der Waals surface area (Å²) in [5.41, 5.74) is 1.23. The van der Waals surface area contributed by atoms with Crippen molar-refractivity contribution in [3.63, 3.8) is 0 Å². The second kappa shape index (κ2) is 6.83. The van der Waals surface area contributed by atoms with Gasteiger partial charge in [-0.1, -0.05) is 36.0 Å². The van der Waals surface area contributed by atoms with Crippen LogP contribution in [0.25, 0.3) is 10.9 Å². The number of aliphatic hydroxyl groups is 2. The van der Waals surface area contributed by atoms with Gasteiger partial charge in [0.15, 0.2) is 5.12 Å². The van der Waals surface area contributed by atoms with E-state index in [1.807, 2.05) is 30.3 Å². The number of hydrogen-bond donors (Lipinski definition) is 2. The smallest absolute Gasteiger partial charge is 0.185 e. The third kappa shape index (κ3) is 3.79. The predicted molar refractivity (Wildman–Crippen MR) is 80.5 cm³/mol. The molecule has 0 amide bonds. The van der Waals surface area contributed by atoms with Crippen LogP contribution in [0, 0.1) is 0 Å². The quantitative estimate of drug-likeness (QED) is 0.884. The fourth-order valence-electron chi connectivity index (χ4n) is 1.92. The van der Waals surface area contributed by atoms with Crippen LogP contribution in [-0.2, 0) is 4.79 Å². The minimum absolute atomic E-state index is 0.00974. The molecule has 1 aromatic heterocycles. The van der Waals surface area contributed by atoms with Gasteiger partial charge in [-0.3, -0.25) is 4.79 Å². The lowest BCUT2D eigenvalue weighted by atomic mass is 10.1. The van der Waals surface area contributed by atoms with Crippen LogP contribution in [0.2, 0.25) is 0 Å². The molecule has 20 heavy (non-hydrogen) atoms. The first-order valence-corrected chi connectivity index (χ1v) is 7.41. The van der Waals surface area contributed by atoms with Crippen molar-refractivity contribution in [1.82, 2.24) is 4.98 Å². The Bertz CT molecular complexity index is 602. The van der Waals surface area contributed by atoms with Gasteiger partial charge in [-0.05, 0) is 18.6 Å². The molecule has 1 heterocycles. The Morgan fingerprint density at radius 3 is 2.75 bits per heavy atom. The van der Waals surface area contributed by atoms with Crippen LogP contribution >= 0.6 is 11.8 Å². The van der Waals surface area contributed by atoms with E-state index in [1.54, 1.807) is 6.07 Å². The number of aliphatic hydroxyl groups excluding tert-OH is 2. The van der Waals surface area contributed by atoms with Gasteiger partial charge in [0.1, 0.15) is 6.10 Å². The number of fused-ring (bicyclic) bond motifs is 1. The Hall–Kier alpha value is -1.43. The second-order valence-corrected chi connectivity index (χ2v) is 5.84. The Morgan fingerprint density at radius 1 is 1.25 bits per heavy atom. The standard InChI is InChI=1S/C15H17NO3S/c1-10(17)20-9-8-14(18)15(19)13-7-6-11-4-2-3-5-12(11)16-13/h2-7,14-15,18-19H,8-9H2,1H3. The molecule has 0 aliphatic heterocycles. The summed E-state index contributed by atoms with van der Waals surface area (Å²) in [7, 11) is 0. The largest absolute Gasteiger partial charge is 0.390 e. The molecular formula is C15H17NO3S. The summed E-state index contributed by atoms with van der Waals surface area (Å²) in [5.74, 6) is 0.487. The zero-order valence-electron chi connectivity index (χ0n) is 11.2. The molecule has 2 atom stereocenters. The predicted octanol–water partition coefficient (Wildman–Crippen LogP) is 2.30. The lowest BCUT2D eigenvalue weighted by Crippen LogP contribution is -2.20. The van der Waals surface area contributed by atoms with Crippen molar-refractivity contribution in [2.24, 2.45) is 0 Å². The zero-order chi connectivity index (χ0) is 14.5. The number of aromatic nitrogens is 1. The van der Waals surface area contributed by atoms with Crippen molar-refractivity contribution in [2.75, 3.05) is 5.75 Å². The summed E-state index contributed by atoms with van der Waals surface area (Å²) in [6.45, 7) is 1.48. The van der Waals surface area contributed by atoms with E-state index in [-0.39, 0.29) is 5.12 Å². The Morgan fingerprint density at radius 2 is 2.00 bits per heavy atom. The van der Waals surface area contributed by atoms with Gasteiger partial charge in [-0.15, -0.1) is 0 Å². The van der Waals surface area contributed by atoms with E-state index in [0.717, 1.165) is 22.7 Å². The van der Waals surface area contributed by atoms with Gasteiger partial charge < -0.3 is 10.2 Å². The third-order valence-corrected chi connectivity index (χ3v) is 3.85. The van der Waals surface area contributed by atoms with E-state index in [2.05, 4.69) is 4.98 Å². The zero-order valence-corrected chi connectivity index (χ0v) is 12.0. The molecule has 0 spiro atoms. The first kappa shape index (κ1) is 15.0. The summed E-state index contributed by atoms with van der Waals surface area (Å²) in [6, 6.07) is 11.2. The SMILES string of the molecule is CC(=O)SCCC(O)C(O)c1ccc2ccccc2n1. The van der Waals surface area contributed by atoms with Crippen LogP contribution in [0.4, 0.5) is 0 Å². The van der Waals surface area contributed by atoms with Crippen molar-refractivity contribution in [3.8, 4) is 0 Å². The van der Waals surface area contributed by atoms with E-state index in [9.17, 15) is 15.0 Å². The van der Waals surface area contributed by atoms with Crippen LogP contribution < -0.4 is 0 Å². The molecule has 0 aliphatic rings. The summed E-state index contributed by atoms with van der Waals surface area (Å²) in [5, 5.41) is 21.0. The molecule has 0 saturated carbocycles. The number of thioether (sulfide) groups is 1. The Kier molecular flexibility index (Phi) is 5.11. The topological polar surface area (TPSA) is 70.4 Å². The molecule has 2 unspecified atom stereocenters. The number of carbonyl (C=O) groups is 1. The fraction of sp³-hybridized carbons (Fsp3) is 0.333. The highest BCUT2D eigenvalue weighted by molar-refractivity contribution is 8.13. The molecular weight excluding hydrogens is 274 g/mol. The van der Waals surface area contributed by atoms with E-state index in [1.165, 1.54) is 6.92 Å². The highest BCUT2D eigenvalue weighted by Crippen LogP contribution is 2.21. The molecule has 0 fully saturated rings. The van der Waals surface area contributed by atoms with E-state index in [4.69, 9.17) is 0 Å². The van der Waals surface area contributed by atoms with Crippen LogP contribution in [0.3, 0.4) is 0 Å². The maximum absolute atomic E-state index is 10.8. The minimum Gasteiger partial charge on any atom is -0.390 e. The highest BCUT2D eigenvalue weighted by atomic mass is 32.2. The second-order valence-electron chi connectivity index (χ2n) is 4.57. The fourth-order valence-corrected chi connectivity index (χ4v) is 2.57. The number of nitrogens with zero attached hydrogens (tertiary/aromatic N) is 1. The first-order chi connectivity index (χ1) is 9.58. The molecule has 5 heteroatoms. The van der Waals surface area contributed by atoms with Gasteiger partial charge in [-0.25, -0.2) is 4.98 Å². The monoisotopic (exact) mass is 291 g/mol. The molecule has 0 aliphatic carbocycles. The molecule has 0 radical (unpaired) electrons. The summed E-state index contributed by atoms with van der Waals surface area (Å²) in [6.07, 6.45) is -1.61. The Balaban J connectivity index is 2.06. The molecule has 106 valence electrons. The third-order valence-electron chi connectivity index (χ3n) is 3.01. The lowest BCUT2D eigenvalue weighted by molar-refractivity contribution is -0.109. The van der Waals surface area contributed by atoms with Crippen molar-refractivity contribution in [2.45, 2.75) is 25.6 Å². The lowest BCUT2D eigenvalue weighted by Gasteiger charge is -2.17. The van der Waals surface area contributed by atoms with Crippen LogP contribution in [-0.4, -0.2) is 32.2 Å². The first-order valence-electron chi connectivity index (χ1n) is 6.43. The van der Waals surface area contributed by atoms with E-state index < -0.39 is 12.2 Å². The van der Waals surface area contributed by atoms with E-state index in [0.29, 0.717) is 17.9 Å². The summed E-state index contributed by atoms with van der Waals surface area (Å²) >= 11 is 1.14. The molecule has 4 nitrogen and oxygen atoms in total. The van der Waals surface area contributed by atoms with Crippen molar-refractivity contribution in [1.29, 1.82) is 0 Å². The Labute approximate surface area is 121 Å². The van der Waals surface area contributed by atoms with Gasteiger partial charge >= 0.3 is 0 Å². The minimum atomic E-state index is -1.04. The average molecular weight is 291 g/mol. The van der Waals surface area contributed by atoms with Crippen LogP contribution in [0.5, 0.6) is 0 Å². The number of hydrogen-bond acceptors (Lipinski definition) is 5. The van der Waals surface area contributed by atoms with Crippen molar-refractivity contribution < 1.29 is 15.0 Å². The van der Waals surface area contributed by atoms with Gasteiger partial charge in [0.05, 0.1) is 17.3 Å². The molecule has 1 aromatic carbocycles. The number of rotatable bonds is 5. The van der Waals surface area contributed by atoms with Gasteiger partial charge in [0.2, 0.25) is 0 Å². The van der Waals surface area contributed by atoms with Crippen molar-refractivity contribution in [3.05, 3.63) is 42.1 Å². The average Bonchev–Trinajstić information content (AvgIpc) is 2.45. The van der Waals surface area contributed by atoms with Gasteiger partial charge in [0, 0.05) is 18.1 Å². The number of para-hydroxylation sites is 1. The maximum Gasteiger partial charge on any atom is 0.185 e. The summed E-state index contributed by atoms with van der Waals surface area (Å²) in [4.78, 5) is 15.2. The molecule has 0 bridgehead atoms. The number of carbonyl (C=O) groups excluding carboxylic acids is 1. The van der Waals surface area contributed by atoms with Crippen LogP contribution in [0.15, 0.2) is 36.4 Å². The van der Waals surface area contributed by atoms with Gasteiger partial charge in [0.25, 0.3) is 0 Å². The molecule has 2 rings (SSSR count). The molecule has 2 N–H and O–H groups in total. The van der Waals surface area contributed by atoms with Crippen molar-refractivity contribution >= 4 is 27.8 Å². The highest BCUT2D eigenvalue weighted by Gasteiger charge is 2.19.